The van der Waals surface area contributed by atoms with E-state index in [0.29, 0.717) is 23.8 Å². The summed E-state index contributed by atoms with van der Waals surface area (Å²) in [5.74, 6) is 1.87. The van der Waals surface area contributed by atoms with Gasteiger partial charge in [0.15, 0.2) is 0 Å². The van der Waals surface area contributed by atoms with Gasteiger partial charge in [-0.15, -0.1) is 0 Å². The number of piperidine rings is 3. The molecule has 4 nitrogen and oxygen atoms in total. The van der Waals surface area contributed by atoms with Gasteiger partial charge in [0.2, 0.25) is 5.91 Å². The monoisotopic (exact) mass is 238 g/mol. The molecule has 1 N–H and O–H groups in total. The fourth-order valence-corrected chi connectivity index (χ4v) is 3.74. The summed E-state index contributed by atoms with van der Waals surface area (Å²) in [6.07, 6.45) is 3.71. The molecule has 4 fully saturated rings. The van der Waals surface area contributed by atoms with Crippen LogP contribution in [-0.4, -0.2) is 50.2 Å². The van der Waals surface area contributed by atoms with Gasteiger partial charge >= 0.3 is 0 Å². The first kappa shape index (κ1) is 11.5. The first-order chi connectivity index (χ1) is 8.29. The molecule has 96 valence electrons. The van der Waals surface area contributed by atoms with E-state index in [4.69, 9.17) is 4.74 Å². The maximum atomic E-state index is 12.4. The minimum absolute atomic E-state index is 0.273. The maximum absolute atomic E-state index is 12.4. The van der Waals surface area contributed by atoms with Crippen LogP contribution in [0, 0.1) is 17.8 Å². The van der Waals surface area contributed by atoms with Crippen LogP contribution >= 0.6 is 0 Å². The van der Waals surface area contributed by atoms with E-state index in [1.54, 1.807) is 7.11 Å². The molecule has 17 heavy (non-hydrogen) atoms. The number of hydrogen-bond acceptors (Lipinski definition) is 3. The van der Waals surface area contributed by atoms with Crippen molar-refractivity contribution < 1.29 is 9.53 Å². The molecule has 3 saturated heterocycles. The molecule has 3 heterocycles. The largest absolute Gasteiger partial charge is 0.381 e. The van der Waals surface area contributed by atoms with E-state index in [1.807, 2.05) is 0 Å². The molecule has 0 aromatic carbocycles. The van der Waals surface area contributed by atoms with E-state index in [2.05, 4.69) is 10.2 Å². The maximum Gasteiger partial charge on any atom is 0.225 e. The van der Waals surface area contributed by atoms with Crippen molar-refractivity contribution in [3.05, 3.63) is 0 Å². The van der Waals surface area contributed by atoms with Gasteiger partial charge in [-0.2, -0.15) is 0 Å². The Balaban J connectivity index is 1.57. The van der Waals surface area contributed by atoms with Crippen molar-refractivity contribution >= 4 is 5.91 Å². The molecule has 1 amide bonds. The molecule has 0 radical (unpaired) electrons. The number of nitrogens with one attached hydrogen (secondary N) is 1. The third-order valence-corrected chi connectivity index (χ3v) is 4.72. The van der Waals surface area contributed by atoms with Crippen molar-refractivity contribution in [1.82, 2.24) is 10.2 Å². The van der Waals surface area contributed by atoms with E-state index in [0.717, 1.165) is 39.0 Å². The van der Waals surface area contributed by atoms with Crippen LogP contribution < -0.4 is 5.32 Å². The third-order valence-electron chi connectivity index (χ3n) is 4.72. The van der Waals surface area contributed by atoms with Gasteiger partial charge in [0.05, 0.1) is 6.10 Å². The molecule has 1 aliphatic carbocycles. The molecule has 2 bridgehead atoms. The highest BCUT2D eigenvalue weighted by Crippen LogP contribution is 2.42. The Kier molecular flexibility index (Phi) is 3.09. The van der Waals surface area contributed by atoms with E-state index >= 15 is 0 Å². The Hall–Kier alpha value is -0.610. The second-order valence-electron chi connectivity index (χ2n) is 5.72. The summed E-state index contributed by atoms with van der Waals surface area (Å²) in [6.45, 7) is 3.85. The number of methoxy groups -OCH3 is 1. The van der Waals surface area contributed by atoms with Crippen LogP contribution in [0.5, 0.6) is 0 Å². The Bertz CT molecular complexity index is 290. The zero-order valence-electron chi connectivity index (χ0n) is 10.5. The number of hydrogen-bond donors (Lipinski definition) is 1. The molecule has 0 aromatic rings. The van der Waals surface area contributed by atoms with Gasteiger partial charge < -0.3 is 15.0 Å². The summed E-state index contributed by atoms with van der Waals surface area (Å²) in [7, 11) is 1.80. The number of rotatable bonds is 2. The van der Waals surface area contributed by atoms with E-state index in [-0.39, 0.29) is 5.92 Å². The second kappa shape index (κ2) is 4.58. The lowest BCUT2D eigenvalue weighted by Gasteiger charge is -2.53. The van der Waals surface area contributed by atoms with Crippen LogP contribution in [0.3, 0.4) is 0 Å². The topological polar surface area (TPSA) is 41.6 Å². The average molecular weight is 238 g/mol. The predicted octanol–water partition coefficient (Wildman–Crippen LogP) is 0.479. The first-order valence-corrected chi connectivity index (χ1v) is 6.82. The zero-order valence-corrected chi connectivity index (χ0v) is 10.5. The molecule has 4 aliphatic rings. The highest BCUT2D eigenvalue weighted by atomic mass is 16.5. The quantitative estimate of drug-likeness (QED) is 0.761. The van der Waals surface area contributed by atoms with E-state index in [1.165, 1.54) is 6.42 Å². The number of fused-ring (bicyclic) bond motifs is 2. The molecular weight excluding hydrogens is 216 g/mol. The lowest BCUT2D eigenvalue weighted by atomic mass is 9.68. The standard InChI is InChI=1S/C13H22N2O2/c1-17-12-10-6-11(12)8-15(7-10)13(16)9-2-4-14-5-3-9/h9-12,14H,2-8H2,1H3. The highest BCUT2D eigenvalue weighted by molar-refractivity contribution is 5.79. The fraction of sp³-hybridized carbons (Fsp3) is 0.923. The lowest BCUT2D eigenvalue weighted by Crippen LogP contribution is -2.61. The van der Waals surface area contributed by atoms with Crippen molar-refractivity contribution in [3.8, 4) is 0 Å². The molecule has 2 unspecified atom stereocenters. The van der Waals surface area contributed by atoms with Crippen molar-refractivity contribution in [3.63, 3.8) is 0 Å². The van der Waals surface area contributed by atoms with Gasteiger partial charge in [-0.1, -0.05) is 0 Å². The van der Waals surface area contributed by atoms with E-state index < -0.39 is 0 Å². The molecule has 0 aromatic heterocycles. The van der Waals surface area contributed by atoms with Crippen molar-refractivity contribution in [2.75, 3.05) is 33.3 Å². The van der Waals surface area contributed by atoms with Crippen LogP contribution in [-0.2, 0) is 9.53 Å². The number of amides is 1. The van der Waals surface area contributed by atoms with Gasteiger partial charge in [-0.25, -0.2) is 0 Å². The van der Waals surface area contributed by atoms with Crippen molar-refractivity contribution in [1.29, 1.82) is 0 Å². The van der Waals surface area contributed by atoms with Gasteiger partial charge in [0.25, 0.3) is 0 Å². The Morgan fingerprint density at radius 2 is 1.88 bits per heavy atom. The molecule has 3 aliphatic heterocycles. The van der Waals surface area contributed by atoms with E-state index in [9.17, 15) is 4.79 Å². The summed E-state index contributed by atoms with van der Waals surface area (Å²) in [4.78, 5) is 14.5. The normalized spacial score (nSPS) is 37.7. The molecule has 2 atom stereocenters. The SMILES string of the molecule is COC1C2CC1CN(C(=O)C1CCNCC1)C2. The summed E-state index contributed by atoms with van der Waals surface area (Å²) >= 11 is 0. The van der Waals surface area contributed by atoms with Crippen LogP contribution in [0.25, 0.3) is 0 Å². The number of ether oxygens (including phenoxy) is 1. The van der Waals surface area contributed by atoms with Crippen molar-refractivity contribution in [2.45, 2.75) is 25.4 Å². The number of nitrogens with zero attached hydrogens (tertiary/aromatic N) is 1. The average Bonchev–Trinajstić information content (AvgIpc) is 2.39. The summed E-state index contributed by atoms with van der Waals surface area (Å²) in [5, 5.41) is 3.32. The highest BCUT2D eigenvalue weighted by Gasteiger charge is 2.48. The Morgan fingerprint density at radius 3 is 2.47 bits per heavy atom. The lowest BCUT2D eigenvalue weighted by molar-refractivity contribution is -0.160. The van der Waals surface area contributed by atoms with Gasteiger partial charge in [0, 0.05) is 38.0 Å². The second-order valence-corrected chi connectivity index (χ2v) is 5.72. The predicted molar refractivity (Wildman–Crippen MR) is 64.6 cm³/mol. The minimum Gasteiger partial charge on any atom is -0.381 e. The molecule has 0 spiro atoms. The summed E-state index contributed by atoms with van der Waals surface area (Å²) < 4.78 is 5.48. The Labute approximate surface area is 103 Å². The molecule has 4 heteroatoms. The van der Waals surface area contributed by atoms with Crippen LogP contribution in [0.4, 0.5) is 0 Å². The summed E-state index contributed by atoms with van der Waals surface area (Å²) in [5.41, 5.74) is 0. The Morgan fingerprint density at radius 1 is 1.24 bits per heavy atom. The van der Waals surface area contributed by atoms with Crippen LogP contribution in [0.1, 0.15) is 19.3 Å². The van der Waals surface area contributed by atoms with Crippen LogP contribution in [0.2, 0.25) is 0 Å². The minimum atomic E-state index is 0.273. The van der Waals surface area contributed by atoms with Gasteiger partial charge in [0.1, 0.15) is 0 Å². The van der Waals surface area contributed by atoms with Gasteiger partial charge in [-0.3, -0.25) is 4.79 Å². The number of carbonyl (C=O) groups excluding carboxylic acids is 1. The third kappa shape index (κ3) is 1.97. The fourth-order valence-electron chi connectivity index (χ4n) is 3.74. The zero-order chi connectivity index (χ0) is 11.8. The molecule has 4 rings (SSSR count). The molecule has 1 saturated carbocycles. The smallest absolute Gasteiger partial charge is 0.225 e. The number of carbonyl (C=O) groups is 1. The summed E-state index contributed by atoms with van der Waals surface area (Å²) in [6, 6.07) is 0. The van der Waals surface area contributed by atoms with Crippen LogP contribution in [0.15, 0.2) is 0 Å². The molecular formula is C13H22N2O2. The van der Waals surface area contributed by atoms with Gasteiger partial charge in [-0.05, 0) is 32.4 Å². The van der Waals surface area contributed by atoms with Crippen molar-refractivity contribution in [2.24, 2.45) is 17.8 Å². The first-order valence-electron chi connectivity index (χ1n) is 6.82.